The van der Waals surface area contributed by atoms with Crippen molar-refractivity contribution in [1.82, 2.24) is 24.4 Å². The molecule has 3 heterocycles. The molecule has 2 aromatic heterocycles. The summed E-state index contributed by atoms with van der Waals surface area (Å²) in [6.45, 7) is 2.95. The summed E-state index contributed by atoms with van der Waals surface area (Å²) in [5, 5.41) is 0. The van der Waals surface area contributed by atoms with Gasteiger partial charge in [-0.05, 0) is 6.42 Å². The van der Waals surface area contributed by atoms with E-state index >= 15 is 0 Å². The molecule has 0 spiro atoms. The molecule has 8 nitrogen and oxygen atoms in total. The third-order valence-electron chi connectivity index (χ3n) is 4.07. The highest BCUT2D eigenvalue weighted by atomic mass is 16.5. The van der Waals surface area contributed by atoms with Crippen LogP contribution in [-0.2, 0) is 22.5 Å². The number of rotatable bonds is 5. The van der Waals surface area contributed by atoms with Gasteiger partial charge >= 0.3 is 0 Å². The fourth-order valence-electron chi connectivity index (χ4n) is 2.85. The van der Waals surface area contributed by atoms with E-state index in [-0.39, 0.29) is 17.4 Å². The molecular formula is C16H21N5O3. The molecule has 2 aromatic rings. The zero-order valence-electron chi connectivity index (χ0n) is 13.4. The van der Waals surface area contributed by atoms with Gasteiger partial charge in [-0.1, -0.05) is 0 Å². The average Bonchev–Trinajstić information content (AvgIpc) is 2.98. The number of carbonyl (C=O) groups is 1. The van der Waals surface area contributed by atoms with Crippen molar-refractivity contribution < 1.29 is 9.53 Å². The molecule has 1 N–H and O–H groups in total. The van der Waals surface area contributed by atoms with E-state index in [1.54, 1.807) is 12.5 Å². The summed E-state index contributed by atoms with van der Waals surface area (Å²) in [6, 6.07) is 1.50. The molecule has 0 aliphatic carbocycles. The SMILES string of the molecule is O=C(CCn1ccnc1)N1CCOC[C@@H](Cc2cc(=O)[nH]cn2)C1. The van der Waals surface area contributed by atoms with Crippen LogP contribution in [-0.4, -0.2) is 56.6 Å². The number of carbonyl (C=O) groups excluding carboxylic acids is 1. The number of hydrogen-bond acceptors (Lipinski definition) is 5. The second-order valence-corrected chi connectivity index (χ2v) is 5.94. The molecular weight excluding hydrogens is 310 g/mol. The zero-order valence-corrected chi connectivity index (χ0v) is 13.4. The van der Waals surface area contributed by atoms with Gasteiger partial charge < -0.3 is 19.2 Å². The van der Waals surface area contributed by atoms with E-state index in [4.69, 9.17) is 4.74 Å². The third kappa shape index (κ3) is 4.51. The van der Waals surface area contributed by atoms with E-state index in [2.05, 4.69) is 15.0 Å². The number of aromatic nitrogens is 4. The van der Waals surface area contributed by atoms with E-state index in [0.29, 0.717) is 45.7 Å². The van der Waals surface area contributed by atoms with Crippen LogP contribution >= 0.6 is 0 Å². The summed E-state index contributed by atoms with van der Waals surface area (Å²) < 4.78 is 7.51. The van der Waals surface area contributed by atoms with Crippen molar-refractivity contribution >= 4 is 5.91 Å². The molecule has 0 unspecified atom stereocenters. The molecule has 8 heteroatoms. The Balaban J connectivity index is 1.57. The van der Waals surface area contributed by atoms with Gasteiger partial charge in [0.1, 0.15) is 0 Å². The first kappa shape index (κ1) is 16.4. The molecule has 1 amide bonds. The van der Waals surface area contributed by atoms with Gasteiger partial charge in [0.15, 0.2) is 0 Å². The van der Waals surface area contributed by atoms with Gasteiger partial charge in [0.05, 0.1) is 25.9 Å². The Kier molecular flexibility index (Phi) is 5.37. The second kappa shape index (κ2) is 7.87. The molecule has 128 valence electrons. The fourth-order valence-corrected chi connectivity index (χ4v) is 2.85. The number of imidazole rings is 1. The average molecular weight is 331 g/mol. The number of amides is 1. The van der Waals surface area contributed by atoms with Crippen molar-refractivity contribution in [3.8, 4) is 0 Å². The monoisotopic (exact) mass is 331 g/mol. The predicted octanol–water partition coefficient (Wildman–Crippen LogP) is 0.0742. The Morgan fingerprint density at radius 1 is 1.46 bits per heavy atom. The van der Waals surface area contributed by atoms with Crippen LogP contribution in [0, 0.1) is 5.92 Å². The highest BCUT2D eigenvalue weighted by Crippen LogP contribution is 2.13. The number of aryl methyl sites for hydroxylation is 1. The van der Waals surface area contributed by atoms with Gasteiger partial charge in [-0.2, -0.15) is 0 Å². The first-order chi connectivity index (χ1) is 11.7. The third-order valence-corrected chi connectivity index (χ3v) is 4.07. The number of hydrogen-bond donors (Lipinski definition) is 1. The van der Waals surface area contributed by atoms with Crippen LogP contribution in [0.2, 0.25) is 0 Å². The fraction of sp³-hybridized carbons (Fsp3) is 0.500. The van der Waals surface area contributed by atoms with E-state index in [9.17, 15) is 9.59 Å². The summed E-state index contributed by atoms with van der Waals surface area (Å²) in [6.07, 6.45) is 7.72. The Morgan fingerprint density at radius 2 is 2.38 bits per heavy atom. The van der Waals surface area contributed by atoms with Gasteiger partial charge in [-0.3, -0.25) is 9.59 Å². The first-order valence-electron chi connectivity index (χ1n) is 8.05. The molecule has 0 radical (unpaired) electrons. The van der Waals surface area contributed by atoms with Crippen LogP contribution in [0.5, 0.6) is 0 Å². The maximum Gasteiger partial charge on any atom is 0.250 e. The van der Waals surface area contributed by atoms with Crippen LogP contribution in [0.25, 0.3) is 0 Å². The highest BCUT2D eigenvalue weighted by Gasteiger charge is 2.23. The molecule has 1 saturated heterocycles. The van der Waals surface area contributed by atoms with Gasteiger partial charge in [-0.15, -0.1) is 0 Å². The van der Waals surface area contributed by atoms with Crippen molar-refractivity contribution in [2.75, 3.05) is 26.3 Å². The lowest BCUT2D eigenvalue weighted by atomic mass is 10.0. The van der Waals surface area contributed by atoms with Crippen molar-refractivity contribution in [2.24, 2.45) is 5.92 Å². The first-order valence-corrected chi connectivity index (χ1v) is 8.05. The van der Waals surface area contributed by atoms with Gasteiger partial charge in [0, 0.05) is 56.1 Å². The Hall–Kier alpha value is -2.48. The minimum Gasteiger partial charge on any atom is -0.379 e. The molecule has 3 rings (SSSR count). The van der Waals surface area contributed by atoms with Crippen LogP contribution in [0.3, 0.4) is 0 Å². The largest absolute Gasteiger partial charge is 0.379 e. The van der Waals surface area contributed by atoms with Gasteiger partial charge in [0.2, 0.25) is 5.91 Å². The van der Waals surface area contributed by atoms with Crippen molar-refractivity contribution in [1.29, 1.82) is 0 Å². The van der Waals surface area contributed by atoms with Crippen LogP contribution in [0.1, 0.15) is 12.1 Å². The number of nitrogens with zero attached hydrogens (tertiary/aromatic N) is 4. The van der Waals surface area contributed by atoms with Crippen molar-refractivity contribution in [3.63, 3.8) is 0 Å². The van der Waals surface area contributed by atoms with Gasteiger partial charge in [0.25, 0.3) is 5.56 Å². The highest BCUT2D eigenvalue weighted by molar-refractivity contribution is 5.76. The van der Waals surface area contributed by atoms with Gasteiger partial charge in [-0.25, -0.2) is 9.97 Å². The zero-order chi connectivity index (χ0) is 16.8. The smallest absolute Gasteiger partial charge is 0.250 e. The maximum atomic E-state index is 12.5. The quantitative estimate of drug-likeness (QED) is 0.837. The molecule has 1 fully saturated rings. The summed E-state index contributed by atoms with van der Waals surface area (Å²) in [5.74, 6) is 0.247. The predicted molar refractivity (Wildman–Crippen MR) is 86.3 cm³/mol. The number of aromatic amines is 1. The minimum atomic E-state index is -0.164. The summed E-state index contributed by atoms with van der Waals surface area (Å²) >= 11 is 0. The molecule has 1 atom stereocenters. The van der Waals surface area contributed by atoms with Crippen LogP contribution < -0.4 is 5.56 Å². The van der Waals surface area contributed by atoms with Crippen LogP contribution in [0.15, 0.2) is 35.9 Å². The molecule has 0 aromatic carbocycles. The van der Waals surface area contributed by atoms with Crippen LogP contribution in [0.4, 0.5) is 0 Å². The number of nitrogens with one attached hydrogen (secondary N) is 1. The van der Waals surface area contributed by atoms with E-state index in [1.807, 2.05) is 15.7 Å². The summed E-state index contributed by atoms with van der Waals surface area (Å²) in [4.78, 5) is 36.3. The van der Waals surface area contributed by atoms with E-state index < -0.39 is 0 Å². The normalized spacial score (nSPS) is 18.3. The van der Waals surface area contributed by atoms with E-state index in [1.165, 1.54) is 12.4 Å². The lowest BCUT2D eigenvalue weighted by Gasteiger charge is -2.23. The summed E-state index contributed by atoms with van der Waals surface area (Å²) in [5.41, 5.74) is 0.558. The second-order valence-electron chi connectivity index (χ2n) is 5.94. The Labute approximate surface area is 139 Å². The van der Waals surface area contributed by atoms with E-state index in [0.717, 1.165) is 5.69 Å². The molecule has 24 heavy (non-hydrogen) atoms. The Bertz CT molecular complexity index is 713. The lowest BCUT2D eigenvalue weighted by molar-refractivity contribution is -0.131. The topological polar surface area (TPSA) is 93.1 Å². The minimum absolute atomic E-state index is 0.109. The molecule has 0 bridgehead atoms. The lowest BCUT2D eigenvalue weighted by Crippen LogP contribution is -2.37. The van der Waals surface area contributed by atoms with Crippen molar-refractivity contribution in [2.45, 2.75) is 19.4 Å². The summed E-state index contributed by atoms with van der Waals surface area (Å²) in [7, 11) is 0. The Morgan fingerprint density at radius 3 is 3.17 bits per heavy atom. The maximum absolute atomic E-state index is 12.5. The molecule has 1 aliphatic heterocycles. The standard InChI is InChI=1S/C16H21N5O3/c22-15-8-14(18-11-19-15)7-13-9-21(5-6-24-10-13)16(23)1-3-20-4-2-17-12-20/h2,4,8,11-13H,1,3,5-7,9-10H2,(H,18,19,22)/t13-/m0/s1. The number of H-pyrrole nitrogens is 1. The molecule has 1 aliphatic rings. The number of ether oxygens (including phenoxy) is 1. The molecule has 0 saturated carbocycles. The van der Waals surface area contributed by atoms with Crippen molar-refractivity contribution in [3.05, 3.63) is 47.2 Å².